The second-order valence-corrected chi connectivity index (χ2v) is 3.65. The lowest BCUT2D eigenvalue weighted by atomic mass is 10.1. The molecule has 0 aromatic carbocycles. The van der Waals surface area contributed by atoms with Crippen molar-refractivity contribution < 1.29 is 27.8 Å². The highest BCUT2D eigenvalue weighted by atomic mass is 19.4. The summed E-state index contributed by atoms with van der Waals surface area (Å²) >= 11 is 0. The number of hydrogen-bond donors (Lipinski definition) is 1. The van der Waals surface area contributed by atoms with E-state index in [0.717, 1.165) is 11.0 Å². The third-order valence-electron chi connectivity index (χ3n) is 2.49. The largest absolute Gasteiger partial charge is 0.480 e. The third kappa shape index (κ3) is 3.57. The standard InChI is InChI=1S/C9H11F3N2O3/c10-9(11,12)6(3-13)4-14-1-2-17-5-7(14)8(15)16/h6-7H,1-2,4-5H2,(H,15,16). The van der Waals surface area contributed by atoms with Gasteiger partial charge in [-0.1, -0.05) is 0 Å². The molecule has 17 heavy (non-hydrogen) atoms. The molecule has 0 amide bonds. The first-order chi connectivity index (χ1) is 7.86. The lowest BCUT2D eigenvalue weighted by molar-refractivity contribution is -0.173. The van der Waals surface area contributed by atoms with Gasteiger partial charge < -0.3 is 9.84 Å². The minimum atomic E-state index is -4.64. The van der Waals surface area contributed by atoms with Crippen LogP contribution in [0.5, 0.6) is 0 Å². The fourth-order valence-corrected chi connectivity index (χ4v) is 1.54. The van der Waals surface area contributed by atoms with Gasteiger partial charge in [-0.25, -0.2) is 0 Å². The number of hydrogen-bond acceptors (Lipinski definition) is 4. The molecule has 0 bridgehead atoms. The van der Waals surface area contributed by atoms with Crippen LogP contribution in [0.3, 0.4) is 0 Å². The van der Waals surface area contributed by atoms with Crippen molar-refractivity contribution in [2.45, 2.75) is 12.2 Å². The Kier molecular flexibility index (Phi) is 4.31. The van der Waals surface area contributed by atoms with E-state index in [2.05, 4.69) is 0 Å². The lowest BCUT2D eigenvalue weighted by Gasteiger charge is -2.34. The zero-order chi connectivity index (χ0) is 13.1. The van der Waals surface area contributed by atoms with E-state index in [1.807, 2.05) is 0 Å². The maximum atomic E-state index is 12.4. The fourth-order valence-electron chi connectivity index (χ4n) is 1.54. The number of rotatable bonds is 3. The van der Waals surface area contributed by atoms with Crippen LogP contribution in [0, 0.1) is 17.2 Å². The van der Waals surface area contributed by atoms with E-state index in [0.29, 0.717) is 0 Å². The molecule has 2 atom stereocenters. The molecule has 0 saturated carbocycles. The molecule has 1 N–H and O–H groups in total. The number of nitriles is 1. The van der Waals surface area contributed by atoms with E-state index in [1.54, 1.807) is 0 Å². The number of alkyl halides is 3. The zero-order valence-electron chi connectivity index (χ0n) is 8.78. The summed E-state index contributed by atoms with van der Waals surface area (Å²) < 4.78 is 42.0. The summed E-state index contributed by atoms with van der Waals surface area (Å²) in [5, 5.41) is 17.3. The summed E-state index contributed by atoms with van der Waals surface area (Å²) in [5.74, 6) is -3.42. The van der Waals surface area contributed by atoms with Crippen LogP contribution in [0.1, 0.15) is 0 Å². The lowest BCUT2D eigenvalue weighted by Crippen LogP contribution is -2.52. The zero-order valence-corrected chi connectivity index (χ0v) is 8.78. The van der Waals surface area contributed by atoms with Crippen LogP contribution in [-0.2, 0) is 9.53 Å². The van der Waals surface area contributed by atoms with Gasteiger partial charge in [0, 0.05) is 13.1 Å². The molecule has 1 aliphatic heterocycles. The number of carbonyl (C=O) groups is 1. The summed E-state index contributed by atoms with van der Waals surface area (Å²) in [5.41, 5.74) is 0. The molecule has 0 radical (unpaired) electrons. The monoisotopic (exact) mass is 252 g/mol. The Morgan fingerprint density at radius 2 is 2.29 bits per heavy atom. The van der Waals surface area contributed by atoms with Crippen LogP contribution in [0.2, 0.25) is 0 Å². The van der Waals surface area contributed by atoms with Crippen molar-refractivity contribution in [1.82, 2.24) is 4.90 Å². The first-order valence-corrected chi connectivity index (χ1v) is 4.87. The topological polar surface area (TPSA) is 73.6 Å². The number of nitrogens with zero attached hydrogens (tertiary/aromatic N) is 2. The van der Waals surface area contributed by atoms with Crippen molar-refractivity contribution in [3.05, 3.63) is 0 Å². The van der Waals surface area contributed by atoms with E-state index < -0.39 is 30.7 Å². The van der Waals surface area contributed by atoms with E-state index in [4.69, 9.17) is 15.1 Å². The average Bonchev–Trinajstić information content (AvgIpc) is 2.24. The molecule has 1 fully saturated rings. The predicted octanol–water partition coefficient (Wildman–Crippen LogP) is 0.474. The summed E-state index contributed by atoms with van der Waals surface area (Å²) in [6, 6.07) is 0.0252. The maximum Gasteiger partial charge on any atom is 0.405 e. The van der Waals surface area contributed by atoms with Gasteiger partial charge in [0.2, 0.25) is 0 Å². The van der Waals surface area contributed by atoms with Crippen molar-refractivity contribution in [2.75, 3.05) is 26.3 Å². The second-order valence-electron chi connectivity index (χ2n) is 3.65. The highest BCUT2D eigenvalue weighted by Crippen LogP contribution is 2.27. The molecule has 0 spiro atoms. The highest BCUT2D eigenvalue weighted by Gasteiger charge is 2.43. The Hall–Kier alpha value is -1.33. The van der Waals surface area contributed by atoms with Crippen molar-refractivity contribution in [1.29, 1.82) is 5.26 Å². The average molecular weight is 252 g/mol. The molecule has 0 aromatic heterocycles. The van der Waals surface area contributed by atoms with Crippen molar-refractivity contribution in [3.63, 3.8) is 0 Å². The number of aliphatic carboxylic acids is 1. The van der Waals surface area contributed by atoms with E-state index >= 15 is 0 Å². The summed E-state index contributed by atoms with van der Waals surface area (Å²) in [6.07, 6.45) is -4.64. The first-order valence-electron chi connectivity index (χ1n) is 4.87. The Morgan fingerprint density at radius 1 is 1.65 bits per heavy atom. The molecule has 8 heteroatoms. The minimum Gasteiger partial charge on any atom is -0.480 e. The number of ether oxygens (including phenoxy) is 1. The van der Waals surface area contributed by atoms with Gasteiger partial charge in [-0.3, -0.25) is 9.69 Å². The number of halogens is 3. The number of carboxylic acid groups (broad SMARTS) is 1. The molecule has 2 unspecified atom stereocenters. The molecule has 96 valence electrons. The second kappa shape index (κ2) is 5.33. The van der Waals surface area contributed by atoms with Crippen LogP contribution in [-0.4, -0.2) is 54.5 Å². The number of carboxylic acids is 1. The SMILES string of the molecule is N#CC(CN1CCOCC1C(=O)O)C(F)(F)F. The Labute approximate surface area is 95.4 Å². The fraction of sp³-hybridized carbons (Fsp3) is 0.778. The van der Waals surface area contributed by atoms with Crippen LogP contribution in [0.15, 0.2) is 0 Å². The molecule has 0 aromatic rings. The molecule has 1 rings (SSSR count). The first kappa shape index (κ1) is 13.7. The Balaban J connectivity index is 2.71. The van der Waals surface area contributed by atoms with Gasteiger partial charge in [-0.2, -0.15) is 18.4 Å². The summed E-state index contributed by atoms with van der Waals surface area (Å²) in [6.45, 7) is -0.559. The van der Waals surface area contributed by atoms with E-state index in [9.17, 15) is 18.0 Å². The van der Waals surface area contributed by atoms with Gasteiger partial charge >= 0.3 is 12.1 Å². The molecule has 1 saturated heterocycles. The number of morpholine rings is 1. The Morgan fingerprint density at radius 3 is 2.76 bits per heavy atom. The van der Waals surface area contributed by atoms with Crippen molar-refractivity contribution in [2.24, 2.45) is 5.92 Å². The molecule has 0 aliphatic carbocycles. The molecular formula is C9H11F3N2O3. The minimum absolute atomic E-state index is 0.0746. The van der Waals surface area contributed by atoms with Gasteiger partial charge in [0.05, 0.1) is 19.3 Å². The highest BCUT2D eigenvalue weighted by molar-refractivity contribution is 5.73. The van der Waals surface area contributed by atoms with Crippen LogP contribution in [0.25, 0.3) is 0 Å². The Bertz CT molecular complexity index is 326. The third-order valence-corrected chi connectivity index (χ3v) is 2.49. The van der Waals surface area contributed by atoms with E-state index in [-0.39, 0.29) is 19.8 Å². The van der Waals surface area contributed by atoms with Crippen molar-refractivity contribution in [3.8, 4) is 6.07 Å². The van der Waals surface area contributed by atoms with Gasteiger partial charge in [0.1, 0.15) is 6.04 Å². The summed E-state index contributed by atoms with van der Waals surface area (Å²) in [4.78, 5) is 11.9. The van der Waals surface area contributed by atoms with E-state index in [1.165, 1.54) is 0 Å². The quantitative estimate of drug-likeness (QED) is 0.790. The smallest absolute Gasteiger partial charge is 0.405 e. The van der Waals surface area contributed by atoms with Gasteiger partial charge in [0.25, 0.3) is 0 Å². The van der Waals surface area contributed by atoms with Crippen molar-refractivity contribution >= 4 is 5.97 Å². The van der Waals surface area contributed by atoms with Crippen LogP contribution < -0.4 is 0 Å². The van der Waals surface area contributed by atoms with Crippen LogP contribution >= 0.6 is 0 Å². The molecular weight excluding hydrogens is 241 g/mol. The normalized spacial score (nSPS) is 24.0. The molecule has 1 heterocycles. The summed E-state index contributed by atoms with van der Waals surface area (Å²) in [7, 11) is 0. The molecule has 1 aliphatic rings. The molecule has 5 nitrogen and oxygen atoms in total. The van der Waals surface area contributed by atoms with Gasteiger partial charge in [-0.05, 0) is 0 Å². The predicted molar refractivity (Wildman–Crippen MR) is 49.0 cm³/mol. The maximum absolute atomic E-state index is 12.4. The van der Waals surface area contributed by atoms with Gasteiger partial charge in [-0.15, -0.1) is 0 Å². The van der Waals surface area contributed by atoms with Crippen LogP contribution in [0.4, 0.5) is 13.2 Å². The van der Waals surface area contributed by atoms with Gasteiger partial charge in [0.15, 0.2) is 5.92 Å².